The summed E-state index contributed by atoms with van der Waals surface area (Å²) in [5.74, 6) is -0.155. The van der Waals surface area contributed by atoms with Crippen molar-refractivity contribution in [3.8, 4) is 0 Å². The van der Waals surface area contributed by atoms with Crippen molar-refractivity contribution >= 4 is 50.5 Å². The molecule has 1 fully saturated rings. The molecule has 35 heavy (non-hydrogen) atoms. The zero-order chi connectivity index (χ0) is 26.0. The molecule has 1 amide bonds. The summed E-state index contributed by atoms with van der Waals surface area (Å²) in [7, 11) is -3.14. The molecule has 10 heteroatoms. The highest BCUT2D eigenvalue weighted by molar-refractivity contribution is 7.91. The molecule has 0 saturated carbocycles. The third-order valence-electron chi connectivity index (χ3n) is 6.99. The van der Waals surface area contributed by atoms with E-state index < -0.39 is 26.7 Å². The zero-order valence-corrected chi connectivity index (χ0v) is 23.2. The van der Waals surface area contributed by atoms with Crippen molar-refractivity contribution in [2.45, 2.75) is 56.0 Å². The Morgan fingerprint density at radius 1 is 1.17 bits per heavy atom. The number of benzene rings is 2. The van der Waals surface area contributed by atoms with E-state index in [-0.39, 0.29) is 11.9 Å². The fourth-order valence-electron chi connectivity index (χ4n) is 4.46. The molecule has 0 aromatic heterocycles. The van der Waals surface area contributed by atoms with Crippen molar-refractivity contribution in [2.75, 3.05) is 19.3 Å². The van der Waals surface area contributed by atoms with Gasteiger partial charge in [-0.15, -0.1) is 0 Å². The van der Waals surface area contributed by atoms with Gasteiger partial charge < -0.3 is 11.1 Å². The van der Waals surface area contributed by atoms with Crippen molar-refractivity contribution in [3.05, 3.63) is 68.7 Å². The van der Waals surface area contributed by atoms with E-state index in [0.717, 1.165) is 11.1 Å². The van der Waals surface area contributed by atoms with Crippen LogP contribution in [-0.4, -0.2) is 50.0 Å². The first-order chi connectivity index (χ1) is 16.3. The van der Waals surface area contributed by atoms with Gasteiger partial charge in [0.2, 0.25) is 5.91 Å². The fraction of sp³-hybridized carbons (Fsp3) is 0.480. The van der Waals surface area contributed by atoms with Gasteiger partial charge in [0.1, 0.15) is 9.84 Å². The maximum atomic E-state index is 13.7. The lowest BCUT2D eigenvalue weighted by molar-refractivity contribution is -0.127. The summed E-state index contributed by atoms with van der Waals surface area (Å²) in [4.78, 5) is 15.8. The summed E-state index contributed by atoms with van der Waals surface area (Å²) in [6.07, 6.45) is 2.23. The van der Waals surface area contributed by atoms with Crippen LogP contribution in [0.2, 0.25) is 15.1 Å². The van der Waals surface area contributed by atoms with Crippen LogP contribution in [0.4, 0.5) is 0 Å². The van der Waals surface area contributed by atoms with Crippen molar-refractivity contribution in [1.82, 2.24) is 10.2 Å². The lowest BCUT2D eigenvalue weighted by Crippen LogP contribution is -2.53. The minimum absolute atomic E-state index is 0.155. The first-order valence-corrected chi connectivity index (χ1v) is 14.6. The highest BCUT2D eigenvalue weighted by atomic mass is 35.5. The van der Waals surface area contributed by atoms with E-state index in [4.69, 9.17) is 40.5 Å². The van der Waals surface area contributed by atoms with Crippen LogP contribution in [0.3, 0.4) is 0 Å². The molecule has 1 aliphatic heterocycles. The SMILES string of the molecule is CC(NC(=O)C(C)(CCN1CCC(S(C)(=O)=O)CC1N)c1ccc(Cl)c(Cl)c1)c1ccc(Cl)cc1. The maximum absolute atomic E-state index is 13.7. The summed E-state index contributed by atoms with van der Waals surface area (Å²) >= 11 is 18.5. The second kappa shape index (κ2) is 11.4. The Balaban J connectivity index is 1.81. The highest BCUT2D eigenvalue weighted by Gasteiger charge is 2.38. The summed E-state index contributed by atoms with van der Waals surface area (Å²) in [6, 6.07) is 12.3. The number of hydrogen-bond acceptors (Lipinski definition) is 5. The number of carbonyl (C=O) groups is 1. The lowest BCUT2D eigenvalue weighted by atomic mass is 9.78. The summed E-state index contributed by atoms with van der Waals surface area (Å²) in [5, 5.41) is 4.11. The van der Waals surface area contributed by atoms with Gasteiger partial charge >= 0.3 is 0 Å². The Morgan fingerprint density at radius 3 is 2.40 bits per heavy atom. The Morgan fingerprint density at radius 2 is 1.83 bits per heavy atom. The van der Waals surface area contributed by atoms with Crippen LogP contribution in [0.1, 0.15) is 50.3 Å². The number of likely N-dealkylation sites (tertiary alicyclic amines) is 1. The minimum Gasteiger partial charge on any atom is -0.349 e. The van der Waals surface area contributed by atoms with Crippen LogP contribution < -0.4 is 11.1 Å². The first kappa shape index (κ1) is 28.2. The van der Waals surface area contributed by atoms with Crippen LogP contribution >= 0.6 is 34.8 Å². The average Bonchev–Trinajstić information content (AvgIpc) is 2.79. The molecule has 4 atom stereocenters. The maximum Gasteiger partial charge on any atom is 0.230 e. The third-order valence-corrected chi connectivity index (χ3v) is 9.62. The molecular formula is C25H32Cl3N3O3S. The van der Waals surface area contributed by atoms with Gasteiger partial charge in [-0.1, -0.05) is 53.0 Å². The van der Waals surface area contributed by atoms with Gasteiger partial charge in [0.25, 0.3) is 0 Å². The molecule has 3 N–H and O–H groups in total. The number of amides is 1. The molecule has 2 aromatic rings. The molecule has 1 heterocycles. The molecule has 0 spiro atoms. The Kier molecular flexibility index (Phi) is 9.16. The van der Waals surface area contributed by atoms with E-state index in [1.54, 1.807) is 24.3 Å². The van der Waals surface area contributed by atoms with Gasteiger partial charge in [0, 0.05) is 24.4 Å². The van der Waals surface area contributed by atoms with Crippen molar-refractivity contribution in [2.24, 2.45) is 5.73 Å². The van der Waals surface area contributed by atoms with Crippen LogP contribution in [0.5, 0.6) is 0 Å². The zero-order valence-electron chi connectivity index (χ0n) is 20.1. The predicted molar refractivity (Wildman–Crippen MR) is 144 cm³/mol. The van der Waals surface area contributed by atoms with Gasteiger partial charge in [-0.05, 0) is 68.5 Å². The third kappa shape index (κ3) is 6.90. The van der Waals surface area contributed by atoms with E-state index in [9.17, 15) is 13.2 Å². The molecule has 1 aliphatic rings. The number of piperidine rings is 1. The van der Waals surface area contributed by atoms with E-state index in [1.165, 1.54) is 6.26 Å². The van der Waals surface area contributed by atoms with E-state index in [2.05, 4.69) is 5.32 Å². The Bertz CT molecular complexity index is 1160. The Hall–Kier alpha value is -1.35. The van der Waals surface area contributed by atoms with Crippen molar-refractivity contribution in [3.63, 3.8) is 0 Å². The summed E-state index contributed by atoms with van der Waals surface area (Å²) in [5.41, 5.74) is 7.08. The van der Waals surface area contributed by atoms with Gasteiger partial charge in [0.05, 0.1) is 32.9 Å². The normalized spacial score (nSPS) is 21.8. The van der Waals surface area contributed by atoms with E-state index in [0.29, 0.717) is 47.4 Å². The topological polar surface area (TPSA) is 92.5 Å². The second-order valence-corrected chi connectivity index (χ2v) is 13.1. The number of nitrogens with zero attached hydrogens (tertiary/aromatic N) is 1. The lowest BCUT2D eigenvalue weighted by Gasteiger charge is -2.39. The van der Waals surface area contributed by atoms with Crippen LogP contribution in [0.25, 0.3) is 0 Å². The van der Waals surface area contributed by atoms with Gasteiger partial charge in [-0.3, -0.25) is 9.69 Å². The van der Waals surface area contributed by atoms with Gasteiger partial charge in [-0.25, -0.2) is 8.42 Å². The first-order valence-electron chi connectivity index (χ1n) is 11.5. The largest absolute Gasteiger partial charge is 0.349 e. The highest BCUT2D eigenvalue weighted by Crippen LogP contribution is 2.34. The predicted octanol–water partition coefficient (Wildman–Crippen LogP) is 4.97. The number of rotatable bonds is 8. The fourth-order valence-corrected chi connectivity index (χ4v) is 5.97. The van der Waals surface area contributed by atoms with Gasteiger partial charge in [-0.2, -0.15) is 0 Å². The average molecular weight is 561 g/mol. The molecular weight excluding hydrogens is 529 g/mol. The summed E-state index contributed by atoms with van der Waals surface area (Å²) < 4.78 is 23.9. The van der Waals surface area contributed by atoms with Crippen LogP contribution in [0, 0.1) is 0 Å². The quantitative estimate of drug-likeness (QED) is 0.476. The number of halogens is 3. The van der Waals surface area contributed by atoms with Gasteiger partial charge in [0.15, 0.2) is 0 Å². The molecule has 4 unspecified atom stereocenters. The van der Waals surface area contributed by atoms with Crippen LogP contribution in [-0.2, 0) is 20.0 Å². The molecule has 0 bridgehead atoms. The summed E-state index contributed by atoms with van der Waals surface area (Å²) in [6.45, 7) is 4.88. The molecule has 6 nitrogen and oxygen atoms in total. The number of hydrogen-bond donors (Lipinski definition) is 2. The van der Waals surface area contributed by atoms with E-state index in [1.807, 2.05) is 36.9 Å². The number of carbonyl (C=O) groups excluding carboxylic acids is 1. The molecule has 192 valence electrons. The molecule has 0 radical (unpaired) electrons. The van der Waals surface area contributed by atoms with Crippen molar-refractivity contribution in [1.29, 1.82) is 0 Å². The second-order valence-electron chi connectivity index (χ2n) is 9.54. The molecule has 1 saturated heterocycles. The smallest absolute Gasteiger partial charge is 0.230 e. The molecule has 2 aromatic carbocycles. The minimum atomic E-state index is -3.14. The Labute approximate surface area is 223 Å². The van der Waals surface area contributed by atoms with Crippen LogP contribution in [0.15, 0.2) is 42.5 Å². The van der Waals surface area contributed by atoms with E-state index >= 15 is 0 Å². The molecule has 0 aliphatic carbocycles. The monoisotopic (exact) mass is 559 g/mol. The van der Waals surface area contributed by atoms with Crippen molar-refractivity contribution < 1.29 is 13.2 Å². The number of sulfone groups is 1. The standard InChI is InChI=1S/C25H32Cl3N3O3S/c1-16(17-4-7-19(26)8-5-17)30-24(32)25(2,18-6-9-21(27)22(28)14-18)11-13-31-12-10-20(15-23(31)29)35(3,33)34/h4-9,14,16,20,23H,10-13,15,29H2,1-3H3,(H,30,32). The number of nitrogens with one attached hydrogen (secondary N) is 1. The number of nitrogens with two attached hydrogens (primary N) is 1. The molecule has 3 rings (SSSR count).